The smallest absolute Gasteiger partial charge is 0.241 e. The summed E-state index contributed by atoms with van der Waals surface area (Å²) in [6.45, 7) is 8.68. The first-order valence-electron chi connectivity index (χ1n) is 7.70. The molecule has 2 rings (SSSR count). The molecule has 0 amide bonds. The van der Waals surface area contributed by atoms with E-state index in [2.05, 4.69) is 11.3 Å². The molecule has 0 aliphatic heterocycles. The molecule has 25 heavy (non-hydrogen) atoms. The zero-order valence-corrected chi connectivity index (χ0v) is 15.2. The third kappa shape index (κ3) is 4.35. The topological polar surface area (TPSA) is 83.5 Å². The third-order valence-corrected chi connectivity index (χ3v) is 5.34. The molecule has 0 aliphatic rings. The van der Waals surface area contributed by atoms with Crippen molar-refractivity contribution in [3.8, 4) is 5.75 Å². The van der Waals surface area contributed by atoms with Crippen LogP contribution in [0.3, 0.4) is 0 Å². The first-order valence-corrected chi connectivity index (χ1v) is 9.18. The Morgan fingerprint density at radius 1 is 1.08 bits per heavy atom. The molecule has 0 heterocycles. The molecule has 0 saturated heterocycles. The van der Waals surface area contributed by atoms with Crippen molar-refractivity contribution in [1.29, 1.82) is 0 Å². The van der Waals surface area contributed by atoms with Crippen molar-refractivity contribution in [3.63, 3.8) is 0 Å². The van der Waals surface area contributed by atoms with E-state index in [0.717, 1.165) is 11.1 Å². The van der Waals surface area contributed by atoms with E-state index in [1.807, 2.05) is 13.8 Å². The molecular formula is C19H21NO4S. The van der Waals surface area contributed by atoms with Gasteiger partial charge in [-0.3, -0.25) is 4.79 Å². The van der Waals surface area contributed by atoms with Crippen molar-refractivity contribution in [2.75, 3.05) is 0 Å². The number of rotatable bonds is 6. The lowest BCUT2D eigenvalue weighted by Crippen LogP contribution is -2.31. The van der Waals surface area contributed by atoms with Gasteiger partial charge in [-0.1, -0.05) is 42.0 Å². The van der Waals surface area contributed by atoms with Crippen LogP contribution in [0.4, 0.5) is 0 Å². The molecule has 2 N–H and O–H groups in total. The van der Waals surface area contributed by atoms with Crippen LogP contribution < -0.4 is 4.72 Å². The summed E-state index contributed by atoms with van der Waals surface area (Å²) in [5, 5.41) is 10.2. The number of Topliss-reactive ketones (excluding diaryl/α,β-unsaturated/α-hetero) is 1. The van der Waals surface area contributed by atoms with E-state index in [1.165, 1.54) is 25.1 Å². The van der Waals surface area contributed by atoms with Gasteiger partial charge in [-0.05, 0) is 39.0 Å². The monoisotopic (exact) mass is 359 g/mol. The van der Waals surface area contributed by atoms with E-state index >= 15 is 0 Å². The molecule has 5 nitrogen and oxygen atoms in total. The number of aryl methyl sites for hydroxylation is 2. The maximum Gasteiger partial charge on any atom is 0.241 e. The highest BCUT2D eigenvalue weighted by molar-refractivity contribution is 7.89. The quantitative estimate of drug-likeness (QED) is 0.776. The summed E-state index contributed by atoms with van der Waals surface area (Å²) < 4.78 is 27.9. The molecule has 0 spiro atoms. The lowest BCUT2D eigenvalue weighted by molar-refractivity contribution is -0.113. The molecule has 2 aromatic carbocycles. The van der Waals surface area contributed by atoms with Gasteiger partial charge in [0, 0.05) is 11.1 Å². The van der Waals surface area contributed by atoms with Crippen LogP contribution in [0.2, 0.25) is 0 Å². The van der Waals surface area contributed by atoms with Gasteiger partial charge in [0.05, 0.1) is 10.9 Å². The Hall–Kier alpha value is -2.44. The predicted octanol–water partition coefficient (Wildman–Crippen LogP) is 3.17. The summed E-state index contributed by atoms with van der Waals surface area (Å²) in [7, 11) is -3.91. The Morgan fingerprint density at radius 3 is 2.20 bits per heavy atom. The summed E-state index contributed by atoms with van der Waals surface area (Å²) >= 11 is 0. The number of nitrogens with one attached hydrogen (secondary N) is 1. The first-order chi connectivity index (χ1) is 11.6. The van der Waals surface area contributed by atoms with E-state index in [4.69, 9.17) is 0 Å². The third-order valence-electron chi connectivity index (χ3n) is 3.90. The number of carbonyl (C=O) groups is 1. The Bertz CT molecular complexity index is 915. The zero-order chi connectivity index (χ0) is 18.8. The Morgan fingerprint density at radius 2 is 1.64 bits per heavy atom. The number of benzene rings is 2. The maximum absolute atomic E-state index is 12.7. The van der Waals surface area contributed by atoms with Gasteiger partial charge in [-0.2, -0.15) is 4.72 Å². The Labute approximate surface area is 148 Å². The van der Waals surface area contributed by atoms with Gasteiger partial charge in [0.15, 0.2) is 5.78 Å². The zero-order valence-electron chi connectivity index (χ0n) is 14.4. The van der Waals surface area contributed by atoms with Gasteiger partial charge in [0.1, 0.15) is 5.75 Å². The second-order valence-electron chi connectivity index (χ2n) is 6.01. The summed E-state index contributed by atoms with van der Waals surface area (Å²) in [6.07, 6.45) is 0. The standard InChI is InChI=1S/C19H21NO4S/c1-12-5-8-16(9-6-12)25(23,24)20-19(14(3)15(4)21)17-11-13(2)7-10-18(17)22/h5-11,19-20,22H,3H2,1-2,4H3/t19-/m1/s1. The van der Waals surface area contributed by atoms with Crippen LogP contribution in [-0.4, -0.2) is 19.3 Å². The molecule has 1 atom stereocenters. The van der Waals surface area contributed by atoms with Crippen molar-refractivity contribution in [1.82, 2.24) is 4.72 Å². The Balaban J connectivity index is 2.50. The molecule has 0 aromatic heterocycles. The largest absolute Gasteiger partial charge is 0.508 e. The van der Waals surface area contributed by atoms with Crippen LogP contribution >= 0.6 is 0 Å². The molecule has 2 aromatic rings. The van der Waals surface area contributed by atoms with Crippen LogP contribution in [0.5, 0.6) is 5.75 Å². The molecule has 0 bridgehead atoms. The fourth-order valence-electron chi connectivity index (χ4n) is 2.37. The number of hydrogen-bond donors (Lipinski definition) is 2. The fourth-order valence-corrected chi connectivity index (χ4v) is 3.58. The molecular weight excluding hydrogens is 338 g/mol. The van der Waals surface area contributed by atoms with Crippen LogP contribution in [0.1, 0.15) is 29.7 Å². The van der Waals surface area contributed by atoms with E-state index < -0.39 is 16.1 Å². The van der Waals surface area contributed by atoms with Gasteiger partial charge in [-0.25, -0.2) is 8.42 Å². The van der Waals surface area contributed by atoms with Crippen molar-refractivity contribution in [2.24, 2.45) is 0 Å². The normalized spacial score (nSPS) is 12.6. The van der Waals surface area contributed by atoms with Crippen molar-refractivity contribution >= 4 is 15.8 Å². The Kier molecular flexibility index (Phi) is 5.45. The molecule has 132 valence electrons. The fraction of sp³-hybridized carbons (Fsp3) is 0.211. The van der Waals surface area contributed by atoms with Crippen LogP contribution in [0.25, 0.3) is 0 Å². The average molecular weight is 359 g/mol. The van der Waals surface area contributed by atoms with E-state index in [0.29, 0.717) is 0 Å². The molecule has 0 fully saturated rings. The predicted molar refractivity (Wildman–Crippen MR) is 96.9 cm³/mol. The van der Waals surface area contributed by atoms with Gasteiger partial charge >= 0.3 is 0 Å². The summed E-state index contributed by atoms with van der Waals surface area (Å²) in [4.78, 5) is 11.9. The highest BCUT2D eigenvalue weighted by atomic mass is 32.2. The number of carbonyl (C=O) groups excluding carboxylic acids is 1. The lowest BCUT2D eigenvalue weighted by atomic mass is 9.96. The number of aromatic hydroxyl groups is 1. The van der Waals surface area contributed by atoms with Crippen molar-refractivity contribution in [2.45, 2.75) is 31.7 Å². The van der Waals surface area contributed by atoms with E-state index in [1.54, 1.807) is 24.3 Å². The summed E-state index contributed by atoms with van der Waals surface area (Å²) in [6, 6.07) is 10.1. The van der Waals surface area contributed by atoms with Gasteiger partial charge < -0.3 is 5.11 Å². The molecule has 0 aliphatic carbocycles. The van der Waals surface area contributed by atoms with E-state index in [-0.39, 0.29) is 27.6 Å². The van der Waals surface area contributed by atoms with Crippen LogP contribution in [0.15, 0.2) is 59.5 Å². The number of sulfonamides is 1. The van der Waals surface area contributed by atoms with E-state index in [9.17, 15) is 18.3 Å². The highest BCUT2D eigenvalue weighted by Crippen LogP contribution is 2.31. The lowest BCUT2D eigenvalue weighted by Gasteiger charge is -2.21. The molecule has 0 saturated carbocycles. The summed E-state index contributed by atoms with van der Waals surface area (Å²) in [5.41, 5.74) is 2.09. The second-order valence-corrected chi connectivity index (χ2v) is 7.73. The minimum Gasteiger partial charge on any atom is -0.508 e. The number of ketones is 1. The first kappa shape index (κ1) is 18.9. The minimum atomic E-state index is -3.91. The minimum absolute atomic E-state index is 0.0524. The van der Waals surface area contributed by atoms with Crippen molar-refractivity contribution in [3.05, 3.63) is 71.3 Å². The van der Waals surface area contributed by atoms with Gasteiger partial charge in [-0.15, -0.1) is 0 Å². The molecule has 0 unspecified atom stereocenters. The SMILES string of the molecule is C=C(C(C)=O)[C@@H](NS(=O)(=O)c1ccc(C)cc1)c1cc(C)ccc1O. The summed E-state index contributed by atoms with van der Waals surface area (Å²) in [5.74, 6) is -0.470. The number of phenols is 1. The highest BCUT2D eigenvalue weighted by Gasteiger charge is 2.27. The van der Waals surface area contributed by atoms with Gasteiger partial charge in [0.25, 0.3) is 0 Å². The van der Waals surface area contributed by atoms with Gasteiger partial charge in [0.2, 0.25) is 10.0 Å². The number of hydrogen-bond acceptors (Lipinski definition) is 4. The second kappa shape index (κ2) is 7.21. The van der Waals surface area contributed by atoms with Crippen LogP contribution in [0, 0.1) is 13.8 Å². The number of phenolic OH excluding ortho intramolecular Hbond substituents is 1. The molecule has 0 radical (unpaired) electrons. The molecule has 6 heteroatoms. The van der Waals surface area contributed by atoms with Crippen molar-refractivity contribution < 1.29 is 18.3 Å². The average Bonchev–Trinajstić information content (AvgIpc) is 2.54. The van der Waals surface area contributed by atoms with Crippen LogP contribution in [-0.2, 0) is 14.8 Å². The maximum atomic E-state index is 12.7.